The van der Waals surface area contributed by atoms with E-state index in [4.69, 9.17) is 8.92 Å². The number of halogens is 2. The van der Waals surface area contributed by atoms with E-state index in [9.17, 15) is 12.8 Å². The minimum atomic E-state index is -3.51. The van der Waals surface area contributed by atoms with Crippen molar-refractivity contribution in [1.82, 2.24) is 0 Å². The quantitative estimate of drug-likeness (QED) is 0.781. The van der Waals surface area contributed by atoms with Gasteiger partial charge < -0.3 is 4.74 Å². The van der Waals surface area contributed by atoms with E-state index in [0.717, 1.165) is 12.7 Å². The van der Waals surface area contributed by atoms with Gasteiger partial charge in [-0.1, -0.05) is 0 Å². The number of benzene rings is 1. The maximum Gasteiger partial charge on any atom is 0.264 e. The molecule has 1 fully saturated rings. The van der Waals surface area contributed by atoms with E-state index in [1.165, 1.54) is 6.07 Å². The van der Waals surface area contributed by atoms with Gasteiger partial charge in [-0.25, -0.2) is 4.39 Å². The summed E-state index contributed by atoms with van der Waals surface area (Å²) >= 11 is 3.06. The first-order valence-corrected chi connectivity index (χ1v) is 8.46. The lowest BCUT2D eigenvalue weighted by atomic mass is 10.2. The lowest BCUT2D eigenvalue weighted by Crippen LogP contribution is -2.30. The first kappa shape index (κ1) is 14.7. The normalized spacial score (nSPS) is 23.5. The Morgan fingerprint density at radius 3 is 2.63 bits per heavy atom. The largest absolute Gasteiger partial charge is 0.488 e. The molecule has 106 valence electrons. The lowest BCUT2D eigenvalue weighted by molar-refractivity contribution is 0.0830. The first-order valence-electron chi connectivity index (χ1n) is 5.85. The maximum absolute atomic E-state index is 13.4. The van der Waals surface area contributed by atoms with Crippen molar-refractivity contribution in [3.63, 3.8) is 0 Å². The molecule has 0 spiro atoms. The molecule has 0 heterocycles. The average molecular weight is 353 g/mol. The molecule has 0 N–H and O–H groups in total. The fourth-order valence-corrected chi connectivity index (χ4v) is 3.00. The van der Waals surface area contributed by atoms with Crippen molar-refractivity contribution in [2.75, 3.05) is 6.26 Å². The average Bonchev–Trinajstić information content (AvgIpc) is 2.69. The van der Waals surface area contributed by atoms with Crippen LogP contribution in [-0.4, -0.2) is 26.9 Å². The van der Waals surface area contributed by atoms with E-state index in [0.29, 0.717) is 23.1 Å². The second kappa shape index (κ2) is 5.76. The minimum Gasteiger partial charge on any atom is -0.488 e. The molecule has 0 radical (unpaired) electrons. The molecule has 2 atom stereocenters. The summed E-state index contributed by atoms with van der Waals surface area (Å²) in [5, 5.41) is 0. The molecule has 7 heteroatoms. The van der Waals surface area contributed by atoms with E-state index in [-0.39, 0.29) is 6.10 Å². The Balaban J connectivity index is 2.07. The summed E-state index contributed by atoms with van der Waals surface area (Å²) in [5.41, 5.74) is 0. The summed E-state index contributed by atoms with van der Waals surface area (Å²) in [6, 6.07) is 4.44. The highest BCUT2D eigenvalue weighted by molar-refractivity contribution is 9.10. The van der Waals surface area contributed by atoms with Crippen LogP contribution in [0.15, 0.2) is 22.7 Å². The summed E-state index contributed by atoms with van der Waals surface area (Å²) in [4.78, 5) is 0. The first-order chi connectivity index (χ1) is 8.85. The fourth-order valence-electron chi connectivity index (χ4n) is 2.09. The van der Waals surface area contributed by atoms with Crippen molar-refractivity contribution < 1.29 is 21.7 Å². The molecule has 19 heavy (non-hydrogen) atoms. The third kappa shape index (κ3) is 4.15. The fraction of sp³-hybridized carbons (Fsp3) is 0.500. The van der Waals surface area contributed by atoms with E-state index >= 15 is 0 Å². The SMILES string of the molecule is CS(=O)(=O)OC1CCCC1Oc1ccc(Br)c(F)c1. The van der Waals surface area contributed by atoms with Crippen LogP contribution >= 0.6 is 15.9 Å². The zero-order valence-corrected chi connectivity index (χ0v) is 12.7. The Bertz CT molecular complexity index is 561. The molecule has 0 saturated heterocycles. The van der Waals surface area contributed by atoms with Gasteiger partial charge in [0.2, 0.25) is 0 Å². The molecule has 2 unspecified atom stereocenters. The Hall–Kier alpha value is -0.660. The van der Waals surface area contributed by atoms with Crippen molar-refractivity contribution in [3.8, 4) is 5.75 Å². The molecule has 1 aliphatic rings. The highest BCUT2D eigenvalue weighted by Gasteiger charge is 2.32. The van der Waals surface area contributed by atoms with E-state index in [2.05, 4.69) is 15.9 Å². The van der Waals surface area contributed by atoms with Gasteiger partial charge in [0.1, 0.15) is 23.8 Å². The van der Waals surface area contributed by atoms with Gasteiger partial charge in [0.15, 0.2) is 0 Å². The molecule has 0 aliphatic heterocycles. The Morgan fingerprint density at radius 1 is 1.32 bits per heavy atom. The second-order valence-corrected chi connectivity index (χ2v) is 6.96. The van der Waals surface area contributed by atoms with Crippen molar-refractivity contribution in [3.05, 3.63) is 28.5 Å². The second-order valence-electron chi connectivity index (χ2n) is 4.50. The van der Waals surface area contributed by atoms with Crippen LogP contribution in [0.25, 0.3) is 0 Å². The highest BCUT2D eigenvalue weighted by Crippen LogP contribution is 2.29. The molecular weight excluding hydrogens is 339 g/mol. The molecule has 1 aromatic carbocycles. The molecule has 1 aliphatic carbocycles. The summed E-state index contributed by atoms with van der Waals surface area (Å²) in [6.45, 7) is 0. The van der Waals surface area contributed by atoms with Gasteiger partial charge in [0.05, 0.1) is 10.7 Å². The Labute approximate surface area is 120 Å². The van der Waals surface area contributed by atoms with Crippen LogP contribution in [-0.2, 0) is 14.3 Å². The molecular formula is C12H14BrFO4S. The van der Waals surface area contributed by atoms with Crippen LogP contribution in [0.4, 0.5) is 4.39 Å². The summed E-state index contributed by atoms with van der Waals surface area (Å²) in [6.07, 6.45) is 2.29. The number of rotatable bonds is 4. The van der Waals surface area contributed by atoms with E-state index < -0.39 is 22.0 Å². The standard InChI is InChI=1S/C12H14BrFO4S/c1-19(15,16)18-12-4-2-3-11(12)17-8-5-6-9(13)10(14)7-8/h5-7,11-12H,2-4H2,1H3. The van der Waals surface area contributed by atoms with Crippen molar-refractivity contribution in [2.45, 2.75) is 31.5 Å². The van der Waals surface area contributed by atoms with Crippen molar-refractivity contribution in [1.29, 1.82) is 0 Å². The molecule has 1 saturated carbocycles. The van der Waals surface area contributed by atoms with Crippen molar-refractivity contribution in [2.24, 2.45) is 0 Å². The van der Waals surface area contributed by atoms with Gasteiger partial charge in [-0.05, 0) is 47.3 Å². The van der Waals surface area contributed by atoms with E-state index in [1.807, 2.05) is 0 Å². The van der Waals surface area contributed by atoms with Crippen LogP contribution in [0.5, 0.6) is 5.75 Å². The molecule has 0 amide bonds. The van der Waals surface area contributed by atoms with Gasteiger partial charge in [0, 0.05) is 6.07 Å². The summed E-state index contributed by atoms with van der Waals surface area (Å²) < 4.78 is 46.6. The van der Waals surface area contributed by atoms with Crippen LogP contribution in [0.1, 0.15) is 19.3 Å². The number of ether oxygens (including phenoxy) is 1. The monoisotopic (exact) mass is 352 g/mol. The molecule has 0 bridgehead atoms. The molecule has 0 aromatic heterocycles. The van der Waals surface area contributed by atoms with Crippen LogP contribution in [0, 0.1) is 5.82 Å². The van der Waals surface area contributed by atoms with Crippen LogP contribution < -0.4 is 4.74 Å². The van der Waals surface area contributed by atoms with Gasteiger partial charge in [-0.3, -0.25) is 4.18 Å². The van der Waals surface area contributed by atoms with E-state index in [1.54, 1.807) is 12.1 Å². The smallest absolute Gasteiger partial charge is 0.264 e. The minimum absolute atomic E-state index is 0.357. The van der Waals surface area contributed by atoms with Gasteiger partial charge >= 0.3 is 0 Å². The van der Waals surface area contributed by atoms with Crippen LogP contribution in [0.2, 0.25) is 0 Å². The molecule has 1 aromatic rings. The van der Waals surface area contributed by atoms with Gasteiger partial charge in [-0.2, -0.15) is 8.42 Å². The molecule has 2 rings (SSSR count). The van der Waals surface area contributed by atoms with Gasteiger partial charge in [-0.15, -0.1) is 0 Å². The zero-order valence-electron chi connectivity index (χ0n) is 10.3. The summed E-state index contributed by atoms with van der Waals surface area (Å²) in [7, 11) is -3.51. The Morgan fingerprint density at radius 2 is 2.00 bits per heavy atom. The number of hydrogen-bond acceptors (Lipinski definition) is 4. The topological polar surface area (TPSA) is 52.6 Å². The third-order valence-corrected chi connectivity index (χ3v) is 4.11. The van der Waals surface area contributed by atoms with Crippen LogP contribution in [0.3, 0.4) is 0 Å². The third-order valence-electron chi connectivity index (χ3n) is 2.87. The number of hydrogen-bond donors (Lipinski definition) is 0. The maximum atomic E-state index is 13.4. The van der Waals surface area contributed by atoms with Gasteiger partial charge in [0.25, 0.3) is 10.1 Å². The predicted molar refractivity (Wildman–Crippen MR) is 72.1 cm³/mol. The molecule has 4 nitrogen and oxygen atoms in total. The highest BCUT2D eigenvalue weighted by atomic mass is 79.9. The zero-order chi connectivity index (χ0) is 14.0. The van der Waals surface area contributed by atoms with Crippen molar-refractivity contribution >= 4 is 26.0 Å². The predicted octanol–water partition coefficient (Wildman–Crippen LogP) is 2.86. The lowest BCUT2D eigenvalue weighted by Gasteiger charge is -2.20. The Kier molecular flexibility index (Phi) is 4.47. The summed E-state index contributed by atoms with van der Waals surface area (Å²) in [5.74, 6) is -0.0502.